The van der Waals surface area contributed by atoms with Crippen molar-refractivity contribution in [3.05, 3.63) is 41.7 Å². The Kier molecular flexibility index (Phi) is 5.17. The summed E-state index contributed by atoms with van der Waals surface area (Å²) in [5.41, 5.74) is 2.54. The van der Waals surface area contributed by atoms with Crippen molar-refractivity contribution in [2.75, 3.05) is 36.9 Å². The van der Waals surface area contributed by atoms with E-state index < -0.39 is 0 Å². The van der Waals surface area contributed by atoms with Crippen LogP contribution in [0.5, 0.6) is 0 Å². The molecular formula is C19H23N5O3. The second kappa shape index (κ2) is 7.89. The van der Waals surface area contributed by atoms with Crippen molar-refractivity contribution in [3.8, 4) is 0 Å². The second-order valence-corrected chi connectivity index (χ2v) is 6.96. The minimum atomic E-state index is -0.334. The molecule has 1 saturated heterocycles. The lowest BCUT2D eigenvalue weighted by Gasteiger charge is -2.26. The van der Waals surface area contributed by atoms with Crippen LogP contribution >= 0.6 is 0 Å². The summed E-state index contributed by atoms with van der Waals surface area (Å²) < 4.78 is 5.36. The summed E-state index contributed by atoms with van der Waals surface area (Å²) in [7, 11) is 0. The van der Waals surface area contributed by atoms with Gasteiger partial charge in [-0.05, 0) is 30.5 Å². The molecule has 8 heteroatoms. The molecule has 0 bridgehead atoms. The van der Waals surface area contributed by atoms with Gasteiger partial charge in [0.15, 0.2) is 0 Å². The summed E-state index contributed by atoms with van der Waals surface area (Å²) in [6.07, 6.45) is 3.27. The summed E-state index contributed by atoms with van der Waals surface area (Å²) >= 11 is 0. The fraction of sp³-hybridized carbons (Fsp3) is 0.421. The lowest BCUT2D eigenvalue weighted by molar-refractivity contribution is -0.117. The van der Waals surface area contributed by atoms with E-state index in [2.05, 4.69) is 25.7 Å². The first-order chi connectivity index (χ1) is 13.2. The SMILES string of the molecule is O=C(Nc1ccc(CN2CCOCC2)cc1)c1[nH]ncc1NC(=O)C1CC1. The highest BCUT2D eigenvalue weighted by Crippen LogP contribution is 2.30. The highest BCUT2D eigenvalue weighted by Gasteiger charge is 2.30. The molecule has 0 atom stereocenters. The minimum Gasteiger partial charge on any atom is -0.379 e. The van der Waals surface area contributed by atoms with Gasteiger partial charge in [-0.3, -0.25) is 19.6 Å². The van der Waals surface area contributed by atoms with Crippen LogP contribution in [0.25, 0.3) is 0 Å². The molecule has 1 aliphatic carbocycles. The van der Waals surface area contributed by atoms with E-state index in [1.807, 2.05) is 24.3 Å². The number of carbonyl (C=O) groups excluding carboxylic acids is 2. The maximum Gasteiger partial charge on any atom is 0.275 e. The van der Waals surface area contributed by atoms with Crippen LogP contribution in [0.4, 0.5) is 11.4 Å². The van der Waals surface area contributed by atoms with E-state index in [4.69, 9.17) is 4.74 Å². The Balaban J connectivity index is 1.35. The molecule has 2 amide bonds. The van der Waals surface area contributed by atoms with Crippen LogP contribution in [-0.2, 0) is 16.1 Å². The topological polar surface area (TPSA) is 99.3 Å². The van der Waals surface area contributed by atoms with Gasteiger partial charge in [-0.2, -0.15) is 5.10 Å². The molecule has 2 fully saturated rings. The average Bonchev–Trinajstić information content (AvgIpc) is 3.44. The normalized spacial score (nSPS) is 17.5. The number of aromatic nitrogens is 2. The van der Waals surface area contributed by atoms with Gasteiger partial charge in [0.2, 0.25) is 5.91 Å². The van der Waals surface area contributed by atoms with Crippen molar-refractivity contribution < 1.29 is 14.3 Å². The number of anilines is 2. The monoisotopic (exact) mass is 369 g/mol. The molecular weight excluding hydrogens is 346 g/mol. The van der Waals surface area contributed by atoms with Gasteiger partial charge >= 0.3 is 0 Å². The molecule has 4 rings (SSSR count). The number of H-pyrrole nitrogens is 1. The zero-order chi connectivity index (χ0) is 18.6. The van der Waals surface area contributed by atoms with Gasteiger partial charge in [0.05, 0.1) is 25.1 Å². The Hall–Kier alpha value is -2.71. The zero-order valence-electron chi connectivity index (χ0n) is 15.0. The van der Waals surface area contributed by atoms with Gasteiger partial charge in [0.25, 0.3) is 5.91 Å². The van der Waals surface area contributed by atoms with Crippen LogP contribution in [0.1, 0.15) is 28.9 Å². The maximum atomic E-state index is 12.5. The van der Waals surface area contributed by atoms with Crippen LogP contribution in [0, 0.1) is 5.92 Å². The van der Waals surface area contributed by atoms with Crippen molar-refractivity contribution in [2.45, 2.75) is 19.4 Å². The Morgan fingerprint density at radius 1 is 1.15 bits per heavy atom. The van der Waals surface area contributed by atoms with Crippen molar-refractivity contribution in [1.82, 2.24) is 15.1 Å². The molecule has 8 nitrogen and oxygen atoms in total. The van der Waals surface area contributed by atoms with E-state index in [1.165, 1.54) is 11.8 Å². The third-order valence-electron chi connectivity index (χ3n) is 4.79. The smallest absolute Gasteiger partial charge is 0.275 e. The summed E-state index contributed by atoms with van der Waals surface area (Å²) in [5, 5.41) is 12.1. The quantitative estimate of drug-likeness (QED) is 0.722. The van der Waals surface area contributed by atoms with Gasteiger partial charge in [0, 0.05) is 31.2 Å². The summed E-state index contributed by atoms with van der Waals surface area (Å²) in [4.78, 5) is 26.8. The van der Waals surface area contributed by atoms with Gasteiger partial charge in [-0.25, -0.2) is 0 Å². The number of benzene rings is 1. The number of ether oxygens (including phenoxy) is 1. The molecule has 142 valence electrons. The van der Waals surface area contributed by atoms with Crippen LogP contribution in [0.15, 0.2) is 30.5 Å². The van der Waals surface area contributed by atoms with Crippen LogP contribution < -0.4 is 10.6 Å². The zero-order valence-corrected chi connectivity index (χ0v) is 15.0. The molecule has 1 aliphatic heterocycles. The molecule has 2 aromatic rings. The number of hydrogen-bond acceptors (Lipinski definition) is 5. The second-order valence-electron chi connectivity index (χ2n) is 6.96. The van der Waals surface area contributed by atoms with E-state index in [1.54, 1.807) is 0 Å². The van der Waals surface area contributed by atoms with Gasteiger partial charge in [0.1, 0.15) is 5.69 Å². The number of amides is 2. The number of nitrogens with one attached hydrogen (secondary N) is 3. The van der Waals surface area contributed by atoms with Crippen molar-refractivity contribution in [3.63, 3.8) is 0 Å². The summed E-state index contributed by atoms with van der Waals surface area (Å²) in [5.74, 6) is -0.327. The van der Waals surface area contributed by atoms with Gasteiger partial charge in [-0.15, -0.1) is 0 Å². The molecule has 0 radical (unpaired) electrons. The molecule has 1 aromatic heterocycles. The fourth-order valence-electron chi connectivity index (χ4n) is 3.04. The maximum absolute atomic E-state index is 12.5. The predicted octanol–water partition coefficient (Wildman–Crippen LogP) is 1.84. The summed E-state index contributed by atoms with van der Waals surface area (Å²) in [6.45, 7) is 4.30. The number of aromatic amines is 1. The molecule has 0 spiro atoms. The molecule has 2 heterocycles. The molecule has 3 N–H and O–H groups in total. The van der Waals surface area contributed by atoms with Crippen LogP contribution in [0.3, 0.4) is 0 Å². The number of nitrogens with zero attached hydrogens (tertiary/aromatic N) is 2. The number of hydrogen-bond donors (Lipinski definition) is 3. The largest absolute Gasteiger partial charge is 0.379 e. The van der Waals surface area contributed by atoms with Crippen LogP contribution in [0.2, 0.25) is 0 Å². The molecule has 27 heavy (non-hydrogen) atoms. The summed E-state index contributed by atoms with van der Waals surface area (Å²) in [6, 6.07) is 7.78. The standard InChI is InChI=1S/C19H23N5O3/c25-18(14-3-4-14)22-16-11-20-23-17(16)19(26)21-15-5-1-13(2-6-15)12-24-7-9-27-10-8-24/h1-2,5-6,11,14H,3-4,7-10,12H2,(H,20,23)(H,21,26)(H,22,25). The minimum absolute atomic E-state index is 0.0575. The predicted molar refractivity (Wildman–Crippen MR) is 100 cm³/mol. The first kappa shape index (κ1) is 17.7. The molecule has 0 unspecified atom stereocenters. The Morgan fingerprint density at radius 3 is 2.59 bits per heavy atom. The van der Waals surface area contributed by atoms with E-state index in [9.17, 15) is 9.59 Å². The Labute approximate surface area is 157 Å². The Morgan fingerprint density at radius 2 is 1.89 bits per heavy atom. The van der Waals surface area contributed by atoms with E-state index >= 15 is 0 Å². The third kappa shape index (κ3) is 4.53. The highest BCUT2D eigenvalue weighted by atomic mass is 16.5. The fourth-order valence-corrected chi connectivity index (χ4v) is 3.04. The van der Waals surface area contributed by atoms with Gasteiger partial charge in [-0.1, -0.05) is 12.1 Å². The van der Waals surface area contributed by atoms with Crippen molar-refractivity contribution in [2.24, 2.45) is 5.92 Å². The first-order valence-electron chi connectivity index (χ1n) is 9.23. The highest BCUT2D eigenvalue weighted by molar-refractivity contribution is 6.09. The Bertz CT molecular complexity index is 807. The van der Waals surface area contributed by atoms with Crippen molar-refractivity contribution in [1.29, 1.82) is 0 Å². The van der Waals surface area contributed by atoms with Gasteiger partial charge < -0.3 is 15.4 Å². The number of carbonyl (C=O) groups is 2. The van der Waals surface area contributed by atoms with E-state index in [0.29, 0.717) is 11.4 Å². The number of rotatable bonds is 6. The first-order valence-corrected chi connectivity index (χ1v) is 9.23. The van der Waals surface area contributed by atoms with Crippen LogP contribution in [-0.4, -0.2) is 53.2 Å². The van der Waals surface area contributed by atoms with Crippen molar-refractivity contribution >= 4 is 23.2 Å². The van der Waals surface area contributed by atoms with E-state index in [0.717, 1.165) is 45.7 Å². The molecule has 2 aliphatic rings. The lowest BCUT2D eigenvalue weighted by Crippen LogP contribution is -2.35. The van der Waals surface area contributed by atoms with E-state index in [-0.39, 0.29) is 23.4 Å². The molecule has 1 saturated carbocycles. The number of morpholine rings is 1. The third-order valence-corrected chi connectivity index (χ3v) is 4.79. The average molecular weight is 369 g/mol. The molecule has 1 aromatic carbocycles. The lowest BCUT2D eigenvalue weighted by atomic mass is 10.2.